The van der Waals surface area contributed by atoms with Crippen LogP contribution in [0.2, 0.25) is 0 Å². The summed E-state index contributed by atoms with van der Waals surface area (Å²) >= 11 is 3.09. The second-order valence-corrected chi connectivity index (χ2v) is 4.26. The Labute approximate surface area is 107 Å². The van der Waals surface area contributed by atoms with Crippen molar-refractivity contribution >= 4 is 27.5 Å². The number of nitrogens with two attached hydrogens (primary N) is 1. The number of halogens is 1. The zero-order valence-corrected chi connectivity index (χ0v) is 11.0. The fraction of sp³-hybridized carbons (Fsp3) is 0.400. The SMILES string of the molecule is COCCNC(=O)Cn1cc(N)c(=O)c(Br)c1. The molecule has 3 N–H and O–H groups in total. The summed E-state index contributed by atoms with van der Waals surface area (Å²) in [6.45, 7) is 1.01. The Kier molecular flexibility index (Phi) is 5.17. The van der Waals surface area contributed by atoms with Crippen LogP contribution >= 0.6 is 15.9 Å². The summed E-state index contributed by atoms with van der Waals surface area (Å²) in [6, 6.07) is 0. The normalized spacial score (nSPS) is 10.2. The molecule has 94 valence electrons. The third kappa shape index (κ3) is 4.20. The molecule has 0 unspecified atom stereocenters. The molecule has 6 nitrogen and oxygen atoms in total. The maximum atomic E-state index is 11.5. The molecule has 7 heteroatoms. The summed E-state index contributed by atoms with van der Waals surface area (Å²) in [5, 5.41) is 2.67. The summed E-state index contributed by atoms with van der Waals surface area (Å²) in [4.78, 5) is 22.8. The Morgan fingerprint density at radius 2 is 2.29 bits per heavy atom. The van der Waals surface area contributed by atoms with Crippen LogP contribution in [0.4, 0.5) is 5.69 Å². The van der Waals surface area contributed by atoms with Crippen LogP contribution in [0, 0.1) is 0 Å². The topological polar surface area (TPSA) is 86.3 Å². The molecule has 1 heterocycles. The van der Waals surface area contributed by atoms with E-state index in [1.807, 2.05) is 0 Å². The van der Waals surface area contributed by atoms with E-state index in [9.17, 15) is 9.59 Å². The van der Waals surface area contributed by atoms with E-state index in [0.29, 0.717) is 17.6 Å². The number of carbonyl (C=O) groups excluding carboxylic acids is 1. The van der Waals surface area contributed by atoms with E-state index in [1.165, 1.54) is 12.4 Å². The van der Waals surface area contributed by atoms with E-state index in [0.717, 1.165) is 0 Å². The van der Waals surface area contributed by atoms with Crippen LogP contribution in [0.25, 0.3) is 0 Å². The number of methoxy groups -OCH3 is 1. The van der Waals surface area contributed by atoms with Crippen LogP contribution in [-0.4, -0.2) is 30.7 Å². The number of rotatable bonds is 5. The van der Waals surface area contributed by atoms with Gasteiger partial charge in [-0.1, -0.05) is 0 Å². The van der Waals surface area contributed by atoms with Crippen LogP contribution in [0.1, 0.15) is 0 Å². The Bertz CT molecular complexity index is 432. The molecule has 0 aromatic carbocycles. The minimum absolute atomic E-state index is 0.101. The number of amides is 1. The number of pyridine rings is 1. The highest BCUT2D eigenvalue weighted by Crippen LogP contribution is 2.05. The summed E-state index contributed by atoms with van der Waals surface area (Å²) < 4.78 is 6.69. The van der Waals surface area contributed by atoms with Gasteiger partial charge in [-0.25, -0.2) is 0 Å². The van der Waals surface area contributed by atoms with Crippen molar-refractivity contribution in [2.24, 2.45) is 0 Å². The number of nitrogens with zero attached hydrogens (tertiary/aromatic N) is 1. The standard InChI is InChI=1S/C10H14BrN3O3/c1-17-3-2-13-9(15)6-14-4-7(11)10(16)8(12)5-14/h4-5H,2-3,6,12H2,1H3,(H,13,15). The van der Waals surface area contributed by atoms with Gasteiger partial charge in [-0.05, 0) is 15.9 Å². The number of nitrogens with one attached hydrogen (secondary N) is 1. The average molecular weight is 304 g/mol. The lowest BCUT2D eigenvalue weighted by Crippen LogP contribution is -2.30. The minimum atomic E-state index is -0.277. The van der Waals surface area contributed by atoms with Crippen molar-refractivity contribution in [3.05, 3.63) is 27.1 Å². The van der Waals surface area contributed by atoms with Crippen molar-refractivity contribution in [1.82, 2.24) is 9.88 Å². The van der Waals surface area contributed by atoms with Gasteiger partial charge in [0.2, 0.25) is 11.3 Å². The molecule has 1 aromatic rings. The van der Waals surface area contributed by atoms with Crippen molar-refractivity contribution < 1.29 is 9.53 Å². The summed E-state index contributed by atoms with van der Waals surface area (Å²) in [5.41, 5.74) is 5.33. The molecule has 0 saturated heterocycles. The van der Waals surface area contributed by atoms with Gasteiger partial charge >= 0.3 is 0 Å². The lowest BCUT2D eigenvalue weighted by atomic mass is 10.4. The molecular formula is C10H14BrN3O3. The van der Waals surface area contributed by atoms with Gasteiger partial charge in [0.25, 0.3) is 0 Å². The first-order valence-corrected chi connectivity index (χ1v) is 5.74. The van der Waals surface area contributed by atoms with Gasteiger partial charge < -0.3 is 20.4 Å². The van der Waals surface area contributed by atoms with Crippen molar-refractivity contribution in [2.75, 3.05) is 26.0 Å². The monoisotopic (exact) mass is 303 g/mol. The largest absolute Gasteiger partial charge is 0.394 e. The molecule has 17 heavy (non-hydrogen) atoms. The molecule has 0 fully saturated rings. The van der Waals surface area contributed by atoms with E-state index in [2.05, 4.69) is 21.2 Å². The van der Waals surface area contributed by atoms with Gasteiger partial charge in [0.1, 0.15) is 6.54 Å². The number of carbonyl (C=O) groups is 1. The van der Waals surface area contributed by atoms with Crippen LogP contribution < -0.4 is 16.5 Å². The van der Waals surface area contributed by atoms with Crippen LogP contribution in [0.5, 0.6) is 0 Å². The van der Waals surface area contributed by atoms with E-state index in [1.54, 1.807) is 11.7 Å². The van der Waals surface area contributed by atoms with Gasteiger partial charge in [0.05, 0.1) is 16.8 Å². The van der Waals surface area contributed by atoms with Crippen LogP contribution in [-0.2, 0) is 16.1 Å². The van der Waals surface area contributed by atoms with E-state index >= 15 is 0 Å². The van der Waals surface area contributed by atoms with Gasteiger partial charge in [0, 0.05) is 26.0 Å². The number of hydrogen-bond acceptors (Lipinski definition) is 4. The summed E-state index contributed by atoms with van der Waals surface area (Å²) in [7, 11) is 1.56. The van der Waals surface area contributed by atoms with Crippen LogP contribution in [0.15, 0.2) is 21.7 Å². The lowest BCUT2D eigenvalue weighted by Gasteiger charge is -2.08. The number of anilines is 1. The van der Waals surface area contributed by atoms with E-state index < -0.39 is 0 Å². The quantitative estimate of drug-likeness (QED) is 0.747. The first kappa shape index (κ1) is 13.7. The third-order valence-electron chi connectivity index (χ3n) is 2.02. The van der Waals surface area contributed by atoms with E-state index in [-0.39, 0.29) is 23.6 Å². The predicted molar refractivity (Wildman–Crippen MR) is 67.7 cm³/mol. The smallest absolute Gasteiger partial charge is 0.239 e. The highest BCUT2D eigenvalue weighted by atomic mass is 79.9. The summed E-state index contributed by atoms with van der Waals surface area (Å²) in [6.07, 6.45) is 2.96. The minimum Gasteiger partial charge on any atom is -0.394 e. The van der Waals surface area contributed by atoms with Crippen molar-refractivity contribution in [1.29, 1.82) is 0 Å². The first-order chi connectivity index (χ1) is 8.04. The third-order valence-corrected chi connectivity index (χ3v) is 2.58. The van der Waals surface area contributed by atoms with Gasteiger partial charge in [-0.3, -0.25) is 9.59 Å². The molecule has 1 rings (SSSR count). The highest BCUT2D eigenvalue weighted by molar-refractivity contribution is 9.10. The zero-order valence-electron chi connectivity index (χ0n) is 9.40. The molecular weight excluding hydrogens is 290 g/mol. The number of hydrogen-bond donors (Lipinski definition) is 2. The molecule has 0 spiro atoms. The van der Waals surface area contributed by atoms with Crippen LogP contribution in [0.3, 0.4) is 0 Å². The molecule has 1 aromatic heterocycles. The molecule has 0 atom stereocenters. The Morgan fingerprint density at radius 1 is 1.59 bits per heavy atom. The summed E-state index contributed by atoms with van der Waals surface area (Å²) in [5.74, 6) is -0.169. The highest BCUT2D eigenvalue weighted by Gasteiger charge is 2.05. The Hall–Kier alpha value is -1.34. The molecule has 0 aliphatic carbocycles. The fourth-order valence-corrected chi connectivity index (χ4v) is 1.71. The second kappa shape index (κ2) is 6.41. The fourth-order valence-electron chi connectivity index (χ4n) is 1.22. The number of nitrogen functional groups attached to an aromatic ring is 1. The molecule has 0 aliphatic rings. The molecule has 0 saturated carbocycles. The van der Waals surface area contributed by atoms with Gasteiger partial charge in [0.15, 0.2) is 0 Å². The van der Waals surface area contributed by atoms with Crippen molar-refractivity contribution in [3.63, 3.8) is 0 Å². The number of aromatic nitrogens is 1. The van der Waals surface area contributed by atoms with Crippen molar-refractivity contribution in [3.8, 4) is 0 Å². The Morgan fingerprint density at radius 3 is 2.88 bits per heavy atom. The lowest BCUT2D eigenvalue weighted by molar-refractivity contribution is -0.121. The molecule has 0 bridgehead atoms. The van der Waals surface area contributed by atoms with Gasteiger partial charge in [-0.2, -0.15) is 0 Å². The zero-order chi connectivity index (χ0) is 12.8. The maximum Gasteiger partial charge on any atom is 0.239 e. The predicted octanol–water partition coefficient (Wildman–Crippen LogP) is -0.0444. The maximum absolute atomic E-state index is 11.5. The van der Waals surface area contributed by atoms with E-state index in [4.69, 9.17) is 10.5 Å². The van der Waals surface area contributed by atoms with Crippen molar-refractivity contribution in [2.45, 2.75) is 6.54 Å². The average Bonchev–Trinajstić information content (AvgIpc) is 2.26. The molecule has 1 amide bonds. The first-order valence-electron chi connectivity index (χ1n) is 4.95. The second-order valence-electron chi connectivity index (χ2n) is 3.41. The van der Waals surface area contributed by atoms with Gasteiger partial charge in [-0.15, -0.1) is 0 Å². The molecule has 0 aliphatic heterocycles. The Balaban J connectivity index is 2.63. The molecule has 0 radical (unpaired) electrons. The number of ether oxygens (including phenoxy) is 1.